The average molecular weight is 315 g/mol. The number of sulfonamides is 1. The Balaban J connectivity index is 3.14. The SMILES string of the molecule is CCOC(=O)C(C(=O)OCC)c1ccc(S(N)(=O)=O)cc1. The van der Waals surface area contributed by atoms with Crippen LogP contribution in [0.2, 0.25) is 0 Å². The maximum absolute atomic E-state index is 11.9. The lowest BCUT2D eigenvalue weighted by atomic mass is 9.99. The molecule has 0 bridgehead atoms. The van der Waals surface area contributed by atoms with E-state index in [1.54, 1.807) is 13.8 Å². The van der Waals surface area contributed by atoms with Crippen molar-refractivity contribution in [3.63, 3.8) is 0 Å². The monoisotopic (exact) mass is 315 g/mol. The molecule has 116 valence electrons. The first kappa shape index (κ1) is 17.1. The fourth-order valence-corrected chi connectivity index (χ4v) is 2.18. The van der Waals surface area contributed by atoms with Gasteiger partial charge in [0.25, 0.3) is 0 Å². The summed E-state index contributed by atoms with van der Waals surface area (Å²) < 4.78 is 32.0. The first-order valence-corrected chi connectivity index (χ1v) is 7.81. The smallest absolute Gasteiger partial charge is 0.324 e. The lowest BCUT2D eigenvalue weighted by Crippen LogP contribution is -2.26. The number of nitrogens with two attached hydrogens (primary N) is 1. The van der Waals surface area contributed by atoms with Crippen molar-refractivity contribution in [2.24, 2.45) is 5.14 Å². The van der Waals surface area contributed by atoms with Crippen LogP contribution < -0.4 is 5.14 Å². The molecule has 1 rings (SSSR count). The molecule has 0 aliphatic heterocycles. The van der Waals surface area contributed by atoms with Gasteiger partial charge in [-0.2, -0.15) is 0 Å². The Morgan fingerprint density at radius 3 is 1.81 bits per heavy atom. The van der Waals surface area contributed by atoms with Crippen molar-refractivity contribution in [3.05, 3.63) is 29.8 Å². The van der Waals surface area contributed by atoms with Crippen LogP contribution in [0.4, 0.5) is 0 Å². The molecule has 0 fully saturated rings. The van der Waals surface area contributed by atoms with E-state index in [-0.39, 0.29) is 23.7 Å². The van der Waals surface area contributed by atoms with Gasteiger partial charge < -0.3 is 9.47 Å². The Bertz CT molecular complexity index is 590. The number of rotatable bonds is 6. The third-order valence-corrected chi connectivity index (χ3v) is 3.52. The molecule has 0 heterocycles. The van der Waals surface area contributed by atoms with Gasteiger partial charge in [0.1, 0.15) is 0 Å². The molecule has 0 spiro atoms. The second kappa shape index (κ2) is 7.19. The van der Waals surface area contributed by atoms with Gasteiger partial charge >= 0.3 is 11.9 Å². The van der Waals surface area contributed by atoms with Crippen molar-refractivity contribution >= 4 is 22.0 Å². The lowest BCUT2D eigenvalue weighted by Gasteiger charge is -2.14. The van der Waals surface area contributed by atoms with E-state index in [2.05, 4.69) is 0 Å². The van der Waals surface area contributed by atoms with Crippen LogP contribution in [0.25, 0.3) is 0 Å². The Hall–Kier alpha value is -1.93. The summed E-state index contributed by atoms with van der Waals surface area (Å²) in [5.74, 6) is -2.75. The van der Waals surface area contributed by atoms with Crippen LogP contribution in [0.1, 0.15) is 25.3 Å². The summed E-state index contributed by atoms with van der Waals surface area (Å²) in [4.78, 5) is 23.6. The zero-order valence-electron chi connectivity index (χ0n) is 11.7. The van der Waals surface area contributed by atoms with Crippen LogP contribution in [0.3, 0.4) is 0 Å². The topological polar surface area (TPSA) is 113 Å². The van der Waals surface area contributed by atoms with Gasteiger partial charge in [0.15, 0.2) is 5.92 Å². The normalized spacial score (nSPS) is 11.2. The highest BCUT2D eigenvalue weighted by atomic mass is 32.2. The van der Waals surface area contributed by atoms with E-state index < -0.39 is 27.9 Å². The number of esters is 2. The molecular weight excluding hydrogens is 298 g/mol. The molecule has 0 radical (unpaired) electrons. The Kier molecular flexibility index (Phi) is 5.86. The van der Waals surface area contributed by atoms with Crippen LogP contribution in [0.15, 0.2) is 29.2 Å². The molecule has 2 N–H and O–H groups in total. The molecule has 7 nitrogen and oxygen atoms in total. The number of benzene rings is 1. The second-order valence-electron chi connectivity index (χ2n) is 4.05. The van der Waals surface area contributed by atoms with Crippen LogP contribution in [-0.4, -0.2) is 33.6 Å². The summed E-state index contributed by atoms with van der Waals surface area (Å²) >= 11 is 0. The average Bonchev–Trinajstić information content (AvgIpc) is 2.39. The van der Waals surface area contributed by atoms with Gasteiger partial charge in [-0.1, -0.05) is 12.1 Å². The molecular formula is C13H17NO6S. The van der Waals surface area contributed by atoms with E-state index >= 15 is 0 Å². The zero-order chi connectivity index (χ0) is 16.0. The van der Waals surface area contributed by atoms with Crippen molar-refractivity contribution in [1.82, 2.24) is 0 Å². The van der Waals surface area contributed by atoms with Crippen molar-refractivity contribution < 1.29 is 27.5 Å². The molecule has 0 saturated heterocycles. The summed E-state index contributed by atoms with van der Waals surface area (Å²) in [6.07, 6.45) is 0. The molecule has 1 aromatic carbocycles. The quantitative estimate of drug-likeness (QED) is 0.605. The van der Waals surface area contributed by atoms with Crippen LogP contribution in [0, 0.1) is 0 Å². The van der Waals surface area contributed by atoms with E-state index in [1.807, 2.05) is 0 Å². The maximum Gasteiger partial charge on any atom is 0.324 e. The first-order valence-electron chi connectivity index (χ1n) is 6.27. The molecule has 0 aliphatic carbocycles. The van der Waals surface area contributed by atoms with Crippen LogP contribution in [-0.2, 0) is 29.1 Å². The van der Waals surface area contributed by atoms with Crippen molar-refractivity contribution in [3.8, 4) is 0 Å². The second-order valence-corrected chi connectivity index (χ2v) is 5.61. The Labute approximate surface area is 123 Å². The highest BCUT2D eigenvalue weighted by molar-refractivity contribution is 7.89. The van der Waals surface area contributed by atoms with E-state index in [4.69, 9.17) is 14.6 Å². The predicted octanol–water partition coefficient (Wildman–Crippen LogP) is 0.544. The van der Waals surface area contributed by atoms with Gasteiger partial charge in [-0.15, -0.1) is 0 Å². The van der Waals surface area contributed by atoms with Crippen LogP contribution >= 0.6 is 0 Å². The van der Waals surface area contributed by atoms with Crippen LogP contribution in [0.5, 0.6) is 0 Å². The molecule has 21 heavy (non-hydrogen) atoms. The Morgan fingerprint density at radius 1 is 1.05 bits per heavy atom. The maximum atomic E-state index is 11.9. The lowest BCUT2D eigenvalue weighted by molar-refractivity contribution is -0.156. The molecule has 0 saturated carbocycles. The van der Waals surface area contributed by atoms with Gasteiger partial charge in [0.2, 0.25) is 10.0 Å². The number of carbonyl (C=O) groups excluding carboxylic acids is 2. The molecule has 0 unspecified atom stereocenters. The molecule has 8 heteroatoms. The number of carbonyl (C=O) groups is 2. The minimum Gasteiger partial charge on any atom is -0.465 e. The summed E-state index contributed by atoms with van der Waals surface area (Å²) in [5.41, 5.74) is 0.277. The molecule has 0 amide bonds. The third-order valence-electron chi connectivity index (χ3n) is 2.59. The number of ether oxygens (including phenoxy) is 2. The number of primary sulfonamides is 1. The van der Waals surface area contributed by atoms with E-state index in [0.29, 0.717) is 0 Å². The highest BCUT2D eigenvalue weighted by Gasteiger charge is 2.31. The molecule has 0 atom stereocenters. The molecule has 0 aromatic heterocycles. The van der Waals surface area contributed by atoms with E-state index in [9.17, 15) is 18.0 Å². The van der Waals surface area contributed by atoms with Gasteiger partial charge in [-0.25, -0.2) is 13.6 Å². The van der Waals surface area contributed by atoms with Crippen molar-refractivity contribution in [2.75, 3.05) is 13.2 Å². The fraction of sp³-hybridized carbons (Fsp3) is 0.385. The predicted molar refractivity (Wildman–Crippen MR) is 73.8 cm³/mol. The van der Waals surface area contributed by atoms with Gasteiger partial charge in [-0.05, 0) is 31.5 Å². The molecule has 1 aromatic rings. The number of hydrogen-bond acceptors (Lipinski definition) is 6. The van der Waals surface area contributed by atoms with E-state index in [1.165, 1.54) is 24.3 Å². The van der Waals surface area contributed by atoms with Gasteiger partial charge in [0.05, 0.1) is 18.1 Å². The van der Waals surface area contributed by atoms with Crippen molar-refractivity contribution in [1.29, 1.82) is 0 Å². The first-order chi connectivity index (χ1) is 9.81. The summed E-state index contributed by atoms with van der Waals surface area (Å²) in [6.45, 7) is 3.46. The summed E-state index contributed by atoms with van der Waals surface area (Å²) in [5, 5.41) is 4.99. The third kappa shape index (κ3) is 4.54. The fourth-order valence-electron chi connectivity index (χ4n) is 1.67. The summed E-state index contributed by atoms with van der Waals surface area (Å²) in [7, 11) is -3.84. The standard InChI is InChI=1S/C13H17NO6S/c1-3-19-12(15)11(13(16)20-4-2)9-5-7-10(8-6-9)21(14,17)18/h5-8,11H,3-4H2,1-2H3,(H2,14,17,18). The summed E-state index contributed by atoms with van der Waals surface area (Å²) in [6, 6.07) is 5.10. The largest absolute Gasteiger partial charge is 0.465 e. The van der Waals surface area contributed by atoms with Crippen molar-refractivity contribution in [2.45, 2.75) is 24.7 Å². The van der Waals surface area contributed by atoms with E-state index in [0.717, 1.165) is 0 Å². The highest BCUT2D eigenvalue weighted by Crippen LogP contribution is 2.21. The minimum absolute atomic E-state index is 0.113. The number of hydrogen-bond donors (Lipinski definition) is 1. The minimum atomic E-state index is -3.84. The zero-order valence-corrected chi connectivity index (χ0v) is 12.6. The van der Waals surface area contributed by atoms with Gasteiger partial charge in [0, 0.05) is 0 Å². The molecule has 0 aliphatic rings. The Morgan fingerprint density at radius 2 is 1.48 bits per heavy atom. The van der Waals surface area contributed by atoms with Gasteiger partial charge in [-0.3, -0.25) is 9.59 Å².